The Balaban J connectivity index is 1.39. The number of aliphatic hydroxyl groups is 1. The molecule has 8 nitrogen and oxygen atoms in total. The Bertz CT molecular complexity index is 1650. The molecule has 3 aromatic carbocycles. The second-order valence-electron chi connectivity index (χ2n) is 9.17. The number of benzene rings is 3. The lowest BCUT2D eigenvalue weighted by Crippen LogP contribution is -2.29. The normalized spacial score (nSPS) is 17.9. The van der Waals surface area contributed by atoms with E-state index >= 15 is 4.39 Å². The van der Waals surface area contributed by atoms with Crippen molar-refractivity contribution in [2.24, 2.45) is 0 Å². The Labute approximate surface area is 237 Å². The van der Waals surface area contributed by atoms with Crippen LogP contribution in [0.15, 0.2) is 76.6 Å². The molecule has 2 aliphatic rings. The fourth-order valence-corrected chi connectivity index (χ4v) is 6.38. The zero-order valence-corrected chi connectivity index (χ0v) is 22.8. The van der Waals surface area contributed by atoms with Gasteiger partial charge in [-0.1, -0.05) is 71.1 Å². The van der Waals surface area contributed by atoms with Gasteiger partial charge in [-0.15, -0.1) is 10.2 Å². The molecule has 40 heavy (non-hydrogen) atoms. The molecule has 2 aliphatic heterocycles. The maximum atomic E-state index is 15.2. The van der Waals surface area contributed by atoms with Crippen molar-refractivity contribution in [3.05, 3.63) is 100 Å². The first-order valence-corrected chi connectivity index (χ1v) is 14.2. The number of hydrogen-bond acceptors (Lipinski definition) is 9. The van der Waals surface area contributed by atoms with Gasteiger partial charge in [0.2, 0.25) is 5.13 Å². The molecule has 1 N–H and O–H groups in total. The summed E-state index contributed by atoms with van der Waals surface area (Å²) in [6.45, 7) is 2.74. The zero-order chi connectivity index (χ0) is 27.8. The lowest BCUT2D eigenvalue weighted by molar-refractivity contribution is -0.132. The smallest absolute Gasteiger partial charge is 0.301 e. The Hall–Kier alpha value is -4.22. The van der Waals surface area contributed by atoms with Crippen molar-refractivity contribution in [1.82, 2.24) is 10.2 Å². The summed E-state index contributed by atoms with van der Waals surface area (Å²) in [5, 5.41) is 19.9. The van der Waals surface area contributed by atoms with Crippen LogP contribution in [-0.4, -0.2) is 40.2 Å². The van der Waals surface area contributed by atoms with Gasteiger partial charge in [0, 0.05) is 16.9 Å². The Kier molecular flexibility index (Phi) is 6.99. The number of aromatic nitrogens is 2. The van der Waals surface area contributed by atoms with Crippen molar-refractivity contribution in [1.29, 1.82) is 0 Å². The Morgan fingerprint density at radius 1 is 1.05 bits per heavy atom. The monoisotopic (exact) mass is 575 g/mol. The minimum atomic E-state index is -1.25. The fraction of sp³-hybridized carbons (Fsp3) is 0.172. The molecule has 0 spiro atoms. The summed E-state index contributed by atoms with van der Waals surface area (Å²) < 4.78 is 26.9. The second-order valence-corrected chi connectivity index (χ2v) is 11.4. The van der Waals surface area contributed by atoms with Crippen molar-refractivity contribution in [3.63, 3.8) is 0 Å². The standard InChI is InChI=1S/C29H22FN3O5S2/c1-16-6-8-17(9-7-16)15-39-29-32-31-28(40-29)33-24(19-4-2-3-5-20(19)30)23(26(35)27(33)36)25(34)18-10-11-21-22(14-18)38-13-12-37-21/h2-11,14,24,34H,12-13,15H2,1H3/b25-23-. The number of amides is 1. The van der Waals surface area contributed by atoms with Gasteiger partial charge in [-0.25, -0.2) is 4.39 Å². The molecule has 202 valence electrons. The van der Waals surface area contributed by atoms with E-state index in [1.807, 2.05) is 31.2 Å². The zero-order valence-electron chi connectivity index (χ0n) is 21.2. The van der Waals surface area contributed by atoms with E-state index in [1.165, 1.54) is 36.0 Å². The molecule has 0 saturated carbocycles. The van der Waals surface area contributed by atoms with E-state index in [0.717, 1.165) is 27.4 Å². The van der Waals surface area contributed by atoms with Crippen molar-refractivity contribution in [2.45, 2.75) is 23.1 Å². The first-order chi connectivity index (χ1) is 19.4. The summed E-state index contributed by atoms with van der Waals surface area (Å²) in [5.74, 6) is -1.45. The van der Waals surface area contributed by atoms with Gasteiger partial charge in [0.15, 0.2) is 15.8 Å². The van der Waals surface area contributed by atoms with E-state index in [2.05, 4.69) is 10.2 Å². The van der Waals surface area contributed by atoms with Gasteiger partial charge in [-0.3, -0.25) is 14.5 Å². The number of Topliss-reactive ketones (excluding diaryl/α,β-unsaturated/α-hetero) is 1. The van der Waals surface area contributed by atoms with Crippen LogP contribution in [0, 0.1) is 12.7 Å². The van der Waals surface area contributed by atoms with E-state index in [0.29, 0.717) is 34.8 Å². The minimum Gasteiger partial charge on any atom is -0.507 e. The van der Waals surface area contributed by atoms with Crippen LogP contribution in [0.5, 0.6) is 11.5 Å². The Morgan fingerprint density at radius 3 is 2.58 bits per heavy atom. The van der Waals surface area contributed by atoms with Crippen LogP contribution in [0.25, 0.3) is 5.76 Å². The average Bonchev–Trinajstić information content (AvgIpc) is 3.54. The van der Waals surface area contributed by atoms with E-state index < -0.39 is 29.3 Å². The molecule has 6 rings (SSSR count). The average molecular weight is 576 g/mol. The fourth-order valence-electron chi connectivity index (χ4n) is 4.55. The molecule has 1 unspecified atom stereocenters. The number of carbonyl (C=O) groups is 2. The SMILES string of the molecule is Cc1ccc(CSc2nnc(N3C(=O)C(=O)/C(=C(\O)c4ccc5c(c4)OCCO5)C3c3ccccc3F)s2)cc1. The van der Waals surface area contributed by atoms with Crippen molar-refractivity contribution in [3.8, 4) is 11.5 Å². The number of ketones is 1. The number of aliphatic hydroxyl groups excluding tert-OH is 1. The van der Waals surface area contributed by atoms with Crippen molar-refractivity contribution < 1.29 is 28.6 Å². The molecule has 1 atom stereocenters. The van der Waals surface area contributed by atoms with Gasteiger partial charge in [-0.05, 0) is 36.8 Å². The minimum absolute atomic E-state index is 0.0462. The van der Waals surface area contributed by atoms with Crippen molar-refractivity contribution >= 4 is 45.7 Å². The van der Waals surface area contributed by atoms with Crippen LogP contribution < -0.4 is 14.4 Å². The molecule has 3 heterocycles. The number of anilines is 1. The van der Waals surface area contributed by atoms with Crippen LogP contribution in [0.4, 0.5) is 9.52 Å². The van der Waals surface area contributed by atoms with Crippen LogP contribution in [0.2, 0.25) is 0 Å². The number of halogens is 1. The van der Waals surface area contributed by atoms with E-state index in [4.69, 9.17) is 9.47 Å². The molecular formula is C29H22FN3O5S2. The molecule has 0 aliphatic carbocycles. The van der Waals surface area contributed by atoms with Gasteiger partial charge >= 0.3 is 5.91 Å². The molecule has 1 saturated heterocycles. The Morgan fingerprint density at radius 2 is 1.80 bits per heavy atom. The second kappa shape index (κ2) is 10.7. The third-order valence-corrected chi connectivity index (χ3v) is 8.67. The quantitative estimate of drug-likeness (QED) is 0.103. The van der Waals surface area contributed by atoms with Gasteiger partial charge in [0.1, 0.15) is 30.8 Å². The maximum absolute atomic E-state index is 15.2. The summed E-state index contributed by atoms with van der Waals surface area (Å²) in [7, 11) is 0. The number of ether oxygens (including phenoxy) is 2. The first-order valence-electron chi connectivity index (χ1n) is 12.4. The summed E-state index contributed by atoms with van der Waals surface area (Å²) >= 11 is 2.56. The molecule has 0 bridgehead atoms. The van der Waals surface area contributed by atoms with E-state index in [1.54, 1.807) is 18.2 Å². The first kappa shape index (κ1) is 26.0. The molecule has 4 aromatic rings. The predicted octanol–water partition coefficient (Wildman–Crippen LogP) is 5.68. The number of carbonyl (C=O) groups excluding carboxylic acids is 2. The largest absolute Gasteiger partial charge is 0.507 e. The summed E-state index contributed by atoms with van der Waals surface area (Å²) in [6.07, 6.45) is 0. The summed E-state index contributed by atoms with van der Waals surface area (Å²) in [6, 6.07) is 17.4. The molecule has 1 fully saturated rings. The number of fused-ring (bicyclic) bond motifs is 1. The number of nitrogens with zero attached hydrogens (tertiary/aromatic N) is 3. The summed E-state index contributed by atoms with van der Waals surface area (Å²) in [4.78, 5) is 27.9. The van der Waals surface area contributed by atoms with Crippen LogP contribution in [0.3, 0.4) is 0 Å². The number of thioether (sulfide) groups is 1. The van der Waals surface area contributed by atoms with Gasteiger partial charge in [0.05, 0.1) is 5.57 Å². The van der Waals surface area contributed by atoms with Crippen LogP contribution in [0.1, 0.15) is 28.3 Å². The molecule has 1 aromatic heterocycles. The summed E-state index contributed by atoms with van der Waals surface area (Å²) in [5.41, 5.74) is 2.28. The van der Waals surface area contributed by atoms with Gasteiger partial charge in [0.25, 0.3) is 5.78 Å². The molecule has 0 radical (unpaired) electrons. The topological polar surface area (TPSA) is 102 Å². The molecule has 1 amide bonds. The predicted molar refractivity (Wildman–Crippen MR) is 149 cm³/mol. The van der Waals surface area contributed by atoms with Crippen molar-refractivity contribution in [2.75, 3.05) is 18.1 Å². The molecular weight excluding hydrogens is 553 g/mol. The highest BCUT2D eigenvalue weighted by Crippen LogP contribution is 2.45. The highest BCUT2D eigenvalue weighted by Gasteiger charge is 2.49. The lowest BCUT2D eigenvalue weighted by Gasteiger charge is -2.23. The van der Waals surface area contributed by atoms with Crippen LogP contribution >= 0.6 is 23.1 Å². The van der Waals surface area contributed by atoms with Crippen LogP contribution in [-0.2, 0) is 15.3 Å². The number of aryl methyl sites for hydroxylation is 1. The van der Waals surface area contributed by atoms with E-state index in [9.17, 15) is 14.7 Å². The molecule has 11 heteroatoms. The van der Waals surface area contributed by atoms with Gasteiger partial charge < -0.3 is 14.6 Å². The highest BCUT2D eigenvalue weighted by molar-refractivity contribution is 8.00. The lowest BCUT2D eigenvalue weighted by atomic mass is 9.95. The highest BCUT2D eigenvalue weighted by atomic mass is 32.2. The third-order valence-electron chi connectivity index (χ3n) is 6.54. The maximum Gasteiger partial charge on any atom is 0.301 e. The van der Waals surface area contributed by atoms with E-state index in [-0.39, 0.29) is 21.8 Å². The number of rotatable bonds is 6. The third kappa shape index (κ3) is 4.82. The number of hydrogen-bond donors (Lipinski definition) is 1. The van der Waals surface area contributed by atoms with Gasteiger partial charge in [-0.2, -0.15) is 0 Å².